The van der Waals surface area contributed by atoms with Gasteiger partial charge in [-0.05, 0) is 58.5 Å². The van der Waals surface area contributed by atoms with Crippen molar-refractivity contribution in [3.8, 4) is 11.4 Å². The van der Waals surface area contributed by atoms with E-state index in [2.05, 4.69) is 36.2 Å². The topological polar surface area (TPSA) is 128 Å². The molecule has 0 aliphatic carbocycles. The van der Waals surface area contributed by atoms with Crippen molar-refractivity contribution in [1.29, 1.82) is 0 Å². The van der Waals surface area contributed by atoms with E-state index in [9.17, 15) is 9.59 Å². The number of carbonyl (C=O) groups is 2. The Morgan fingerprint density at radius 2 is 1.71 bits per heavy atom. The minimum Gasteiger partial charge on any atom is -0.349 e. The molecule has 0 bridgehead atoms. The highest BCUT2D eigenvalue weighted by Crippen LogP contribution is 2.29. The number of hydrogen-bond acceptors (Lipinski definition) is 5. The largest absolute Gasteiger partial charge is 0.349 e. The Kier molecular flexibility index (Phi) is 6.17. The van der Waals surface area contributed by atoms with Crippen LogP contribution in [0.15, 0.2) is 66.7 Å². The van der Waals surface area contributed by atoms with E-state index < -0.39 is 0 Å². The Hall–Kier alpha value is -4.21. The second-order valence-corrected chi connectivity index (χ2v) is 8.57. The molecule has 0 aliphatic rings. The van der Waals surface area contributed by atoms with Crippen LogP contribution in [-0.2, 0) is 11.2 Å². The van der Waals surface area contributed by atoms with Crippen LogP contribution in [0.1, 0.15) is 16.1 Å². The van der Waals surface area contributed by atoms with E-state index in [-0.39, 0.29) is 18.2 Å². The molecule has 0 saturated heterocycles. The average Bonchev–Trinajstić information content (AvgIpc) is 3.51. The summed E-state index contributed by atoms with van der Waals surface area (Å²) in [6.07, 6.45) is 0.167. The van der Waals surface area contributed by atoms with Crippen molar-refractivity contribution < 1.29 is 9.59 Å². The number of aromatic nitrogens is 5. The maximum absolute atomic E-state index is 13.1. The number of H-pyrrole nitrogens is 2. The summed E-state index contributed by atoms with van der Waals surface area (Å²) in [6, 6.07) is 19.3. The molecule has 4 N–H and O–H groups in total. The highest BCUT2D eigenvalue weighted by Gasteiger charge is 2.17. The molecule has 0 atom stereocenters. The number of halogens is 2. The predicted octanol–water partition coefficient (Wildman–Crippen LogP) is 5.09. The quantitative estimate of drug-likeness (QED) is 0.255. The van der Waals surface area contributed by atoms with Gasteiger partial charge in [0.1, 0.15) is 5.69 Å². The Morgan fingerprint density at radius 3 is 2.51 bits per heavy atom. The fourth-order valence-electron chi connectivity index (χ4n) is 3.69. The summed E-state index contributed by atoms with van der Waals surface area (Å²) in [7, 11) is 0. The van der Waals surface area contributed by atoms with E-state index in [1.807, 2.05) is 12.1 Å². The fraction of sp³-hybridized carbons (Fsp3) is 0.0417. The Labute approximate surface area is 208 Å². The van der Waals surface area contributed by atoms with Crippen LogP contribution in [0.25, 0.3) is 22.3 Å². The van der Waals surface area contributed by atoms with Gasteiger partial charge < -0.3 is 15.6 Å². The molecule has 2 amide bonds. The van der Waals surface area contributed by atoms with Crippen molar-refractivity contribution in [3.05, 3.63) is 88.0 Å². The van der Waals surface area contributed by atoms with Gasteiger partial charge in [-0.1, -0.05) is 47.5 Å². The number of anilines is 2. The highest BCUT2D eigenvalue weighted by molar-refractivity contribution is 6.31. The zero-order valence-electron chi connectivity index (χ0n) is 18.0. The molecule has 2 aromatic heterocycles. The number of benzene rings is 3. The number of rotatable bonds is 6. The molecule has 0 aliphatic heterocycles. The SMILES string of the molecule is O=C(Cc1cccc(Cl)c1)Nc1cccc2cc(C(=O)Nc3ccc(Cl)cc3-c3nnn[nH]3)[nH]c12. The normalized spacial score (nSPS) is 10.9. The second kappa shape index (κ2) is 9.57. The summed E-state index contributed by atoms with van der Waals surface area (Å²) in [4.78, 5) is 28.8. The van der Waals surface area contributed by atoms with Crippen LogP contribution >= 0.6 is 23.2 Å². The molecule has 3 aromatic carbocycles. The van der Waals surface area contributed by atoms with Gasteiger partial charge in [-0.15, -0.1) is 5.10 Å². The highest BCUT2D eigenvalue weighted by atomic mass is 35.5. The molecule has 2 heterocycles. The van der Waals surface area contributed by atoms with Crippen LogP contribution in [0.4, 0.5) is 11.4 Å². The van der Waals surface area contributed by atoms with Crippen LogP contribution in [0.2, 0.25) is 10.0 Å². The predicted molar refractivity (Wildman–Crippen MR) is 135 cm³/mol. The monoisotopic (exact) mass is 505 g/mol. The molecule has 0 fully saturated rings. The van der Waals surface area contributed by atoms with E-state index in [0.717, 1.165) is 10.9 Å². The number of aromatic amines is 2. The molecule has 174 valence electrons. The van der Waals surface area contributed by atoms with Gasteiger partial charge in [-0.25, -0.2) is 5.10 Å². The molecule has 0 unspecified atom stereocenters. The van der Waals surface area contributed by atoms with E-state index >= 15 is 0 Å². The third kappa shape index (κ3) is 5.01. The fourth-order valence-corrected chi connectivity index (χ4v) is 4.08. The molecule has 5 rings (SSSR count). The first-order valence-electron chi connectivity index (χ1n) is 10.5. The number of nitrogens with zero attached hydrogens (tertiary/aromatic N) is 3. The van der Waals surface area contributed by atoms with Gasteiger partial charge in [0.2, 0.25) is 5.91 Å². The maximum Gasteiger partial charge on any atom is 0.272 e. The molecule has 11 heteroatoms. The number of hydrogen-bond donors (Lipinski definition) is 4. The first-order chi connectivity index (χ1) is 17.0. The van der Waals surface area contributed by atoms with Gasteiger partial charge >= 0.3 is 0 Å². The number of nitrogens with one attached hydrogen (secondary N) is 4. The Morgan fingerprint density at radius 1 is 0.886 bits per heavy atom. The van der Waals surface area contributed by atoms with Crippen LogP contribution < -0.4 is 10.6 Å². The molecule has 35 heavy (non-hydrogen) atoms. The lowest BCUT2D eigenvalue weighted by Gasteiger charge is -2.09. The molecule has 0 spiro atoms. The van der Waals surface area contributed by atoms with E-state index in [1.54, 1.807) is 54.6 Å². The second-order valence-electron chi connectivity index (χ2n) is 7.70. The van der Waals surface area contributed by atoms with Crippen molar-refractivity contribution in [2.75, 3.05) is 10.6 Å². The van der Waals surface area contributed by atoms with Gasteiger partial charge in [0.25, 0.3) is 5.91 Å². The zero-order chi connectivity index (χ0) is 24.4. The summed E-state index contributed by atoms with van der Waals surface area (Å²) in [5.74, 6) is -0.218. The minimum absolute atomic E-state index is 0.167. The summed E-state index contributed by atoms with van der Waals surface area (Å²) < 4.78 is 0. The van der Waals surface area contributed by atoms with E-state index in [1.165, 1.54) is 0 Å². The smallest absolute Gasteiger partial charge is 0.272 e. The molecular weight excluding hydrogens is 489 g/mol. The zero-order valence-corrected chi connectivity index (χ0v) is 19.5. The minimum atomic E-state index is -0.381. The third-order valence-corrected chi connectivity index (χ3v) is 5.73. The van der Waals surface area contributed by atoms with E-state index in [4.69, 9.17) is 23.2 Å². The van der Waals surface area contributed by atoms with Gasteiger partial charge in [0, 0.05) is 21.0 Å². The van der Waals surface area contributed by atoms with Gasteiger partial charge in [-0.3, -0.25) is 9.59 Å². The molecule has 0 radical (unpaired) electrons. The number of para-hydroxylation sites is 1. The maximum atomic E-state index is 13.1. The molecule has 5 aromatic rings. The average molecular weight is 506 g/mol. The van der Waals surface area contributed by atoms with E-state index in [0.29, 0.717) is 44.0 Å². The summed E-state index contributed by atoms with van der Waals surface area (Å²) >= 11 is 12.1. The summed E-state index contributed by atoms with van der Waals surface area (Å²) in [5, 5.41) is 21.3. The van der Waals surface area contributed by atoms with Crippen LogP contribution in [0.3, 0.4) is 0 Å². The van der Waals surface area contributed by atoms with Crippen molar-refractivity contribution in [2.45, 2.75) is 6.42 Å². The van der Waals surface area contributed by atoms with Crippen LogP contribution in [-0.4, -0.2) is 37.4 Å². The molecule has 9 nitrogen and oxygen atoms in total. The van der Waals surface area contributed by atoms with Crippen LogP contribution in [0, 0.1) is 0 Å². The molecule has 0 saturated carbocycles. The standard InChI is InChI=1S/C24H17Cl2N7O2/c25-15-5-1-3-13(9-15)10-21(34)27-19-6-2-4-14-11-20(28-22(14)19)24(35)29-18-8-7-16(26)12-17(18)23-30-32-33-31-23/h1-9,11-12,28H,10H2,(H,27,34)(H,29,35)(H,30,31,32,33). The van der Waals surface area contributed by atoms with Crippen molar-refractivity contribution in [3.63, 3.8) is 0 Å². The molecular formula is C24H17Cl2N7O2. The lowest BCUT2D eigenvalue weighted by Crippen LogP contribution is -2.15. The first-order valence-corrected chi connectivity index (χ1v) is 11.2. The number of carbonyl (C=O) groups excluding carboxylic acids is 2. The van der Waals surface area contributed by atoms with Crippen molar-refractivity contribution >= 4 is 57.3 Å². The lowest BCUT2D eigenvalue weighted by molar-refractivity contribution is -0.115. The lowest BCUT2D eigenvalue weighted by atomic mass is 10.1. The van der Waals surface area contributed by atoms with Crippen molar-refractivity contribution in [2.24, 2.45) is 0 Å². The van der Waals surface area contributed by atoms with Crippen molar-refractivity contribution in [1.82, 2.24) is 25.6 Å². The summed E-state index contributed by atoms with van der Waals surface area (Å²) in [5.41, 5.74) is 3.33. The van der Waals surface area contributed by atoms with Gasteiger partial charge in [0.15, 0.2) is 5.82 Å². The van der Waals surface area contributed by atoms with Gasteiger partial charge in [0.05, 0.1) is 23.3 Å². The Balaban J connectivity index is 1.37. The summed E-state index contributed by atoms with van der Waals surface area (Å²) in [6.45, 7) is 0. The number of amides is 2. The van der Waals surface area contributed by atoms with Crippen LogP contribution in [0.5, 0.6) is 0 Å². The number of tetrazole rings is 1. The third-order valence-electron chi connectivity index (χ3n) is 5.26. The first kappa shape index (κ1) is 22.6. The number of fused-ring (bicyclic) bond motifs is 1. The van der Waals surface area contributed by atoms with Gasteiger partial charge in [-0.2, -0.15) is 0 Å². The Bertz CT molecular complexity index is 1550.